The van der Waals surface area contributed by atoms with Crippen LogP contribution in [-0.2, 0) is 11.3 Å². The van der Waals surface area contributed by atoms with Crippen molar-refractivity contribution in [2.45, 2.75) is 44.4 Å². The van der Waals surface area contributed by atoms with Crippen LogP contribution in [0.2, 0.25) is 0 Å². The van der Waals surface area contributed by atoms with Crippen molar-refractivity contribution in [2.24, 2.45) is 0 Å². The summed E-state index contributed by atoms with van der Waals surface area (Å²) in [5.41, 5.74) is 0. The molecule has 0 unspecified atom stereocenters. The SMILES string of the molecule is C[C@@H](c1nc(C2CC2)no1)N1CCO[C@@H](Cn2cccn2)C1. The molecule has 4 rings (SSSR count). The van der Waals surface area contributed by atoms with E-state index in [4.69, 9.17) is 9.26 Å². The molecular formula is C15H21N5O2. The lowest BCUT2D eigenvalue weighted by atomic mass is 10.2. The van der Waals surface area contributed by atoms with Gasteiger partial charge in [-0.3, -0.25) is 9.58 Å². The molecule has 0 amide bonds. The highest BCUT2D eigenvalue weighted by molar-refractivity contribution is 5.04. The van der Waals surface area contributed by atoms with Gasteiger partial charge in [0.25, 0.3) is 0 Å². The molecule has 7 heteroatoms. The number of nitrogens with zero attached hydrogens (tertiary/aromatic N) is 5. The van der Waals surface area contributed by atoms with Crippen molar-refractivity contribution in [3.05, 3.63) is 30.2 Å². The van der Waals surface area contributed by atoms with E-state index < -0.39 is 0 Å². The predicted octanol–water partition coefficient (Wildman–Crippen LogP) is 1.61. The first-order valence-electron chi connectivity index (χ1n) is 7.96. The lowest BCUT2D eigenvalue weighted by molar-refractivity contribution is -0.0532. The Kier molecular flexibility index (Phi) is 3.67. The topological polar surface area (TPSA) is 69.2 Å². The molecule has 0 bridgehead atoms. The fourth-order valence-corrected chi connectivity index (χ4v) is 2.90. The predicted molar refractivity (Wildman–Crippen MR) is 78.2 cm³/mol. The van der Waals surface area contributed by atoms with Crippen LogP contribution in [0.1, 0.15) is 43.4 Å². The highest BCUT2D eigenvalue weighted by atomic mass is 16.5. The van der Waals surface area contributed by atoms with Crippen molar-refractivity contribution >= 4 is 0 Å². The van der Waals surface area contributed by atoms with Crippen LogP contribution in [0, 0.1) is 0 Å². The van der Waals surface area contributed by atoms with E-state index in [2.05, 4.69) is 27.1 Å². The number of rotatable bonds is 5. The monoisotopic (exact) mass is 303 g/mol. The molecule has 1 aliphatic heterocycles. The Balaban J connectivity index is 1.39. The Hall–Kier alpha value is -1.73. The van der Waals surface area contributed by atoms with Gasteiger partial charge in [0.15, 0.2) is 5.82 Å². The number of aromatic nitrogens is 4. The first-order valence-corrected chi connectivity index (χ1v) is 7.96. The summed E-state index contributed by atoms with van der Waals surface area (Å²) >= 11 is 0. The van der Waals surface area contributed by atoms with E-state index in [0.717, 1.165) is 38.0 Å². The summed E-state index contributed by atoms with van der Waals surface area (Å²) < 4.78 is 13.2. The third-order valence-corrected chi connectivity index (χ3v) is 4.43. The Labute approximate surface area is 129 Å². The molecule has 2 aromatic rings. The minimum Gasteiger partial charge on any atom is -0.374 e. The molecule has 7 nitrogen and oxygen atoms in total. The van der Waals surface area contributed by atoms with E-state index in [1.807, 2.05) is 16.9 Å². The maximum absolute atomic E-state index is 5.85. The zero-order valence-corrected chi connectivity index (χ0v) is 12.8. The van der Waals surface area contributed by atoms with Gasteiger partial charge in [0.1, 0.15) is 0 Å². The standard InChI is InChI=1S/C15H21N5O2/c1-11(15-17-14(18-22-15)12-3-4-12)19-7-8-21-13(9-19)10-20-6-2-5-16-20/h2,5-6,11-13H,3-4,7-10H2,1H3/t11-,13+/m0/s1. The van der Waals surface area contributed by atoms with Crippen molar-refractivity contribution in [2.75, 3.05) is 19.7 Å². The van der Waals surface area contributed by atoms with Crippen LogP contribution in [0.3, 0.4) is 0 Å². The van der Waals surface area contributed by atoms with E-state index in [1.165, 1.54) is 12.8 Å². The molecule has 3 heterocycles. The summed E-state index contributed by atoms with van der Waals surface area (Å²) in [5.74, 6) is 2.13. The van der Waals surface area contributed by atoms with Crippen molar-refractivity contribution < 1.29 is 9.26 Å². The van der Waals surface area contributed by atoms with Gasteiger partial charge in [-0.2, -0.15) is 10.1 Å². The summed E-state index contributed by atoms with van der Waals surface area (Å²) in [6.07, 6.45) is 6.28. The third-order valence-electron chi connectivity index (χ3n) is 4.43. The molecule has 2 fully saturated rings. The van der Waals surface area contributed by atoms with Crippen LogP contribution in [0.15, 0.2) is 23.0 Å². The zero-order chi connectivity index (χ0) is 14.9. The zero-order valence-electron chi connectivity index (χ0n) is 12.8. The van der Waals surface area contributed by atoms with Crippen molar-refractivity contribution in [3.8, 4) is 0 Å². The number of hydrogen-bond acceptors (Lipinski definition) is 6. The van der Waals surface area contributed by atoms with E-state index >= 15 is 0 Å². The van der Waals surface area contributed by atoms with E-state index in [-0.39, 0.29) is 12.1 Å². The molecule has 2 aromatic heterocycles. The van der Waals surface area contributed by atoms with Crippen LogP contribution < -0.4 is 0 Å². The summed E-state index contributed by atoms with van der Waals surface area (Å²) in [5, 5.41) is 8.36. The fourth-order valence-electron chi connectivity index (χ4n) is 2.90. The minimum absolute atomic E-state index is 0.129. The Morgan fingerprint density at radius 1 is 1.41 bits per heavy atom. The van der Waals surface area contributed by atoms with Crippen LogP contribution >= 0.6 is 0 Å². The van der Waals surface area contributed by atoms with Gasteiger partial charge in [0.05, 0.1) is 25.3 Å². The first-order chi connectivity index (χ1) is 10.8. The summed E-state index contributed by atoms with van der Waals surface area (Å²) in [4.78, 5) is 6.92. The smallest absolute Gasteiger partial charge is 0.243 e. The number of morpholine rings is 1. The molecule has 22 heavy (non-hydrogen) atoms. The quantitative estimate of drug-likeness (QED) is 0.836. The second-order valence-electron chi connectivity index (χ2n) is 6.16. The minimum atomic E-state index is 0.129. The molecular weight excluding hydrogens is 282 g/mol. The lowest BCUT2D eigenvalue weighted by Gasteiger charge is -2.35. The second kappa shape index (κ2) is 5.81. The number of hydrogen-bond donors (Lipinski definition) is 0. The van der Waals surface area contributed by atoms with Gasteiger partial charge in [0.2, 0.25) is 5.89 Å². The van der Waals surface area contributed by atoms with Gasteiger partial charge in [-0.05, 0) is 25.8 Å². The van der Waals surface area contributed by atoms with Gasteiger partial charge in [-0.25, -0.2) is 0 Å². The maximum Gasteiger partial charge on any atom is 0.243 e. The van der Waals surface area contributed by atoms with Gasteiger partial charge in [0, 0.05) is 31.4 Å². The molecule has 1 saturated carbocycles. The van der Waals surface area contributed by atoms with Crippen LogP contribution in [-0.4, -0.2) is 50.6 Å². The summed E-state index contributed by atoms with van der Waals surface area (Å²) in [6, 6.07) is 2.06. The molecule has 0 radical (unpaired) electrons. The second-order valence-corrected chi connectivity index (χ2v) is 6.16. The van der Waals surface area contributed by atoms with Gasteiger partial charge >= 0.3 is 0 Å². The average Bonchev–Trinajstić information content (AvgIpc) is 3.06. The molecule has 0 N–H and O–H groups in total. The largest absolute Gasteiger partial charge is 0.374 e. The van der Waals surface area contributed by atoms with Gasteiger partial charge < -0.3 is 9.26 Å². The van der Waals surface area contributed by atoms with Crippen LogP contribution in [0.25, 0.3) is 0 Å². The Morgan fingerprint density at radius 3 is 3.09 bits per heavy atom. The third kappa shape index (κ3) is 2.91. The molecule has 0 aromatic carbocycles. The summed E-state index contributed by atoms with van der Waals surface area (Å²) in [7, 11) is 0. The molecule has 1 aliphatic carbocycles. The van der Waals surface area contributed by atoms with Gasteiger partial charge in [-0.1, -0.05) is 5.16 Å². The maximum atomic E-state index is 5.85. The highest BCUT2D eigenvalue weighted by Crippen LogP contribution is 2.38. The molecule has 0 spiro atoms. The molecule has 1 saturated heterocycles. The first kappa shape index (κ1) is 13.9. The summed E-state index contributed by atoms with van der Waals surface area (Å²) in [6.45, 7) is 5.35. The van der Waals surface area contributed by atoms with Gasteiger partial charge in [-0.15, -0.1) is 0 Å². The Bertz CT molecular complexity index is 607. The molecule has 2 atom stereocenters. The van der Waals surface area contributed by atoms with Crippen LogP contribution in [0.4, 0.5) is 0 Å². The normalized spacial score (nSPS) is 24.5. The van der Waals surface area contributed by atoms with Crippen molar-refractivity contribution in [3.63, 3.8) is 0 Å². The Morgan fingerprint density at radius 2 is 2.32 bits per heavy atom. The molecule has 2 aliphatic rings. The van der Waals surface area contributed by atoms with E-state index in [9.17, 15) is 0 Å². The fraction of sp³-hybridized carbons (Fsp3) is 0.667. The average molecular weight is 303 g/mol. The number of ether oxygens (including phenoxy) is 1. The van der Waals surface area contributed by atoms with E-state index in [0.29, 0.717) is 5.92 Å². The van der Waals surface area contributed by atoms with E-state index in [1.54, 1.807) is 6.20 Å². The van der Waals surface area contributed by atoms with Crippen molar-refractivity contribution in [1.29, 1.82) is 0 Å². The molecule has 118 valence electrons. The lowest BCUT2D eigenvalue weighted by Crippen LogP contribution is -2.45. The highest BCUT2D eigenvalue weighted by Gasteiger charge is 2.32. The van der Waals surface area contributed by atoms with Crippen LogP contribution in [0.5, 0.6) is 0 Å². The van der Waals surface area contributed by atoms with Crippen molar-refractivity contribution in [1.82, 2.24) is 24.8 Å².